The van der Waals surface area contributed by atoms with E-state index >= 15 is 0 Å². The van der Waals surface area contributed by atoms with E-state index in [0.717, 1.165) is 66.3 Å². The fraction of sp³-hybridized carbons (Fsp3) is 0.559. The fourth-order valence-electron chi connectivity index (χ4n) is 4.03. The van der Waals surface area contributed by atoms with Crippen LogP contribution in [-0.2, 0) is 6.42 Å². The number of anilines is 1. The predicted molar refractivity (Wildman–Crippen MR) is 177 cm³/mol. The number of aryl methyl sites for hydroxylation is 3. The van der Waals surface area contributed by atoms with Gasteiger partial charge in [0.2, 0.25) is 0 Å². The van der Waals surface area contributed by atoms with Crippen molar-refractivity contribution < 1.29 is 5.11 Å². The van der Waals surface area contributed by atoms with Crippen LogP contribution in [0, 0.1) is 13.8 Å². The fourth-order valence-corrected chi connectivity index (χ4v) is 4.92. The summed E-state index contributed by atoms with van der Waals surface area (Å²) in [6.07, 6.45) is 10.8. The van der Waals surface area contributed by atoms with Gasteiger partial charge in [-0.2, -0.15) is 0 Å². The van der Waals surface area contributed by atoms with Crippen molar-refractivity contribution in [1.82, 2.24) is 4.90 Å². The van der Waals surface area contributed by atoms with Crippen LogP contribution in [0.1, 0.15) is 108 Å². The van der Waals surface area contributed by atoms with Gasteiger partial charge in [0, 0.05) is 41.6 Å². The number of aliphatic imine (C=N–C) groups is 1. The van der Waals surface area contributed by atoms with E-state index in [4.69, 9.17) is 0 Å². The van der Waals surface area contributed by atoms with Crippen LogP contribution in [0.4, 0.5) is 5.69 Å². The minimum absolute atomic E-state index is 0.630. The zero-order valence-corrected chi connectivity index (χ0v) is 27.3. The molecule has 2 rings (SSSR count). The molecule has 2 N–H and O–H groups in total. The van der Waals surface area contributed by atoms with Crippen molar-refractivity contribution in [3.8, 4) is 0 Å². The first-order chi connectivity index (χ1) is 18.7. The van der Waals surface area contributed by atoms with Crippen molar-refractivity contribution in [3.05, 3.63) is 75.6 Å². The maximum atomic E-state index is 10.2. The van der Waals surface area contributed by atoms with Gasteiger partial charge in [0.1, 0.15) is 0 Å². The Morgan fingerprint density at radius 2 is 1.56 bits per heavy atom. The van der Waals surface area contributed by atoms with E-state index in [2.05, 4.69) is 75.5 Å². The van der Waals surface area contributed by atoms with Gasteiger partial charge in [-0.25, -0.2) is 0 Å². The molecule has 0 radical (unpaired) electrons. The van der Waals surface area contributed by atoms with Gasteiger partial charge in [0.15, 0.2) is 6.23 Å². The molecule has 0 saturated carbocycles. The molecule has 1 heterocycles. The third-order valence-corrected chi connectivity index (χ3v) is 7.38. The van der Waals surface area contributed by atoms with Crippen molar-refractivity contribution in [1.29, 1.82) is 0 Å². The Kier molecular flexibility index (Phi) is 21.1. The van der Waals surface area contributed by atoms with E-state index in [1.165, 1.54) is 29.8 Å². The summed E-state index contributed by atoms with van der Waals surface area (Å²) in [6.45, 7) is 26.1. The lowest BCUT2D eigenvalue weighted by Gasteiger charge is -2.24. The Balaban J connectivity index is 0.000000636. The first kappa shape index (κ1) is 36.6. The van der Waals surface area contributed by atoms with Gasteiger partial charge in [-0.05, 0) is 82.4 Å². The zero-order valence-electron chi connectivity index (χ0n) is 26.4. The molecule has 0 aliphatic carbocycles. The molecule has 0 aliphatic heterocycles. The molecule has 1 aromatic carbocycles. The highest BCUT2D eigenvalue weighted by Crippen LogP contribution is 2.28. The largest absolute Gasteiger partial charge is 0.372 e. The second-order valence-electron chi connectivity index (χ2n) is 9.70. The number of aliphatic hydroxyl groups is 1. The van der Waals surface area contributed by atoms with Crippen LogP contribution in [-0.4, -0.2) is 35.4 Å². The number of unbranched alkanes of at least 4 members (excludes halogenated alkanes) is 2. The number of para-hydroxylation sites is 1. The molecule has 0 spiro atoms. The number of hydrogen-bond donors (Lipinski definition) is 2. The average molecular weight is 556 g/mol. The summed E-state index contributed by atoms with van der Waals surface area (Å²) in [5, 5.41) is 13.4. The highest BCUT2D eigenvalue weighted by Gasteiger charge is 2.12. The van der Waals surface area contributed by atoms with Crippen LogP contribution in [0.25, 0.3) is 0 Å². The second-order valence-corrected chi connectivity index (χ2v) is 10.9. The van der Waals surface area contributed by atoms with Gasteiger partial charge in [-0.3, -0.25) is 4.99 Å². The summed E-state index contributed by atoms with van der Waals surface area (Å²) >= 11 is 1.66. The molecule has 39 heavy (non-hydrogen) atoms. The van der Waals surface area contributed by atoms with Crippen LogP contribution in [0.2, 0.25) is 0 Å². The lowest BCUT2D eigenvalue weighted by molar-refractivity contribution is 0.212. The van der Waals surface area contributed by atoms with Gasteiger partial charge in [0.25, 0.3) is 0 Å². The van der Waals surface area contributed by atoms with Crippen LogP contribution in [0.5, 0.6) is 0 Å². The molecule has 0 aliphatic rings. The number of aliphatic hydroxyl groups excluding tert-OH is 1. The van der Waals surface area contributed by atoms with Crippen LogP contribution in [0.3, 0.4) is 0 Å². The molecule has 1 atom stereocenters. The number of benzene rings is 1. The smallest absolute Gasteiger partial charge is 0.160 e. The van der Waals surface area contributed by atoms with E-state index in [0.29, 0.717) is 0 Å². The number of rotatable bonds is 14. The Morgan fingerprint density at radius 3 is 1.97 bits per heavy atom. The topological polar surface area (TPSA) is 47.9 Å². The molecular formula is C34H57N3OS. The zero-order chi connectivity index (χ0) is 29.6. The summed E-state index contributed by atoms with van der Waals surface area (Å²) in [7, 11) is 0. The van der Waals surface area contributed by atoms with Crippen LogP contribution >= 0.6 is 11.3 Å². The molecule has 2 aromatic rings. The Morgan fingerprint density at radius 1 is 0.974 bits per heavy atom. The van der Waals surface area contributed by atoms with E-state index in [1.54, 1.807) is 11.3 Å². The Bertz CT molecular complexity index is 948. The Hall–Kier alpha value is -2.37. The molecule has 4 nitrogen and oxygen atoms in total. The first-order valence-corrected chi connectivity index (χ1v) is 15.7. The number of nitrogens with zero attached hydrogens (tertiary/aromatic N) is 2. The van der Waals surface area contributed by atoms with Gasteiger partial charge >= 0.3 is 0 Å². The van der Waals surface area contributed by atoms with E-state index in [9.17, 15) is 5.11 Å². The molecule has 0 bridgehead atoms. The molecule has 0 fully saturated rings. The summed E-state index contributed by atoms with van der Waals surface area (Å²) < 4.78 is 0. The van der Waals surface area contributed by atoms with E-state index < -0.39 is 6.23 Å². The standard InChI is InChI=1S/C15H19NOS.C14H26N2.C5H12/c1-4-12-8-9-13(18-12)15(17)16-14-10(2)6-5-7-11(14)3;1-6-10-16(11-7-2)14(8-3)12-13(5)15-9-4;1-3-5-4-2/h5-9,15-17H,4H2,1-3H3;8,12H,3,6-7,9-11H2,1-2,4-5H3;3-5H2,1-2H3/b;14-12+,15-13?;. The number of thiophene rings is 1. The average Bonchev–Trinajstić information content (AvgIpc) is 3.40. The van der Waals surface area contributed by atoms with Crippen molar-refractivity contribution in [2.24, 2.45) is 4.99 Å². The summed E-state index contributed by atoms with van der Waals surface area (Å²) in [5.74, 6) is 0. The third-order valence-electron chi connectivity index (χ3n) is 6.10. The van der Waals surface area contributed by atoms with Crippen molar-refractivity contribution >= 4 is 22.7 Å². The number of allylic oxidation sites excluding steroid dienone is 2. The maximum Gasteiger partial charge on any atom is 0.160 e. The highest BCUT2D eigenvalue weighted by atomic mass is 32.1. The summed E-state index contributed by atoms with van der Waals surface area (Å²) in [6, 6.07) is 10.2. The van der Waals surface area contributed by atoms with Gasteiger partial charge in [-0.1, -0.05) is 78.7 Å². The lowest BCUT2D eigenvalue weighted by Crippen LogP contribution is -2.24. The Labute approximate surface area is 245 Å². The van der Waals surface area contributed by atoms with E-state index in [1.807, 2.05) is 51.1 Å². The van der Waals surface area contributed by atoms with Gasteiger partial charge in [-0.15, -0.1) is 11.3 Å². The lowest BCUT2D eigenvalue weighted by atomic mass is 10.1. The molecule has 1 unspecified atom stereocenters. The minimum atomic E-state index is -0.630. The molecule has 0 amide bonds. The third kappa shape index (κ3) is 15.1. The first-order valence-electron chi connectivity index (χ1n) is 14.9. The molecule has 220 valence electrons. The summed E-state index contributed by atoms with van der Waals surface area (Å²) in [4.78, 5) is 9.02. The van der Waals surface area contributed by atoms with Crippen molar-refractivity contribution in [2.75, 3.05) is 25.0 Å². The molecule has 0 saturated heterocycles. The van der Waals surface area contributed by atoms with E-state index in [-0.39, 0.29) is 0 Å². The van der Waals surface area contributed by atoms with Gasteiger partial charge < -0.3 is 15.3 Å². The normalized spacial score (nSPS) is 12.1. The molecule has 1 aromatic heterocycles. The second kappa shape index (κ2) is 22.4. The van der Waals surface area contributed by atoms with Crippen molar-refractivity contribution in [3.63, 3.8) is 0 Å². The van der Waals surface area contributed by atoms with Crippen LogP contribution < -0.4 is 5.32 Å². The van der Waals surface area contributed by atoms with Gasteiger partial charge in [0.05, 0.1) is 4.88 Å². The van der Waals surface area contributed by atoms with Crippen molar-refractivity contribution in [2.45, 2.75) is 107 Å². The SMILES string of the molecule is C=C/C(=C\C(C)=NCC)N(CCC)CCC.CCCCC.CCc1ccc(C(O)Nc2c(C)cccc2C)s1. The monoisotopic (exact) mass is 555 g/mol. The minimum Gasteiger partial charge on any atom is -0.372 e. The van der Waals surface area contributed by atoms with Crippen LogP contribution in [0.15, 0.2) is 59.8 Å². The summed E-state index contributed by atoms with van der Waals surface area (Å²) in [5.41, 5.74) is 5.60. The predicted octanol–water partition coefficient (Wildman–Crippen LogP) is 9.89. The number of hydrogen-bond acceptors (Lipinski definition) is 5. The molecule has 5 heteroatoms. The maximum absolute atomic E-state index is 10.2. The highest BCUT2D eigenvalue weighted by molar-refractivity contribution is 7.12. The quantitative estimate of drug-likeness (QED) is 0.138. The number of nitrogens with one attached hydrogen (secondary N) is 1. The molecular weight excluding hydrogens is 498 g/mol.